The van der Waals surface area contributed by atoms with Crippen molar-refractivity contribution >= 4 is 28.7 Å². The zero-order chi connectivity index (χ0) is 20.6. The van der Waals surface area contributed by atoms with Crippen molar-refractivity contribution in [1.82, 2.24) is 14.9 Å². The fraction of sp³-hybridized carbons (Fsp3) is 0.600. The molecule has 1 aromatic carbocycles. The van der Waals surface area contributed by atoms with E-state index in [1.165, 1.54) is 0 Å². The minimum atomic E-state index is -0.701. The second-order valence-corrected chi connectivity index (χ2v) is 8.14. The molecule has 9 nitrogen and oxygen atoms in total. The first-order valence-corrected chi connectivity index (χ1v) is 10.1. The van der Waals surface area contributed by atoms with Gasteiger partial charge in [-0.15, -0.1) is 0 Å². The first-order valence-electron chi connectivity index (χ1n) is 10.1. The Morgan fingerprint density at radius 3 is 2.83 bits per heavy atom. The van der Waals surface area contributed by atoms with Crippen LogP contribution in [-0.2, 0) is 4.74 Å². The molecular weight excluding hydrogens is 374 g/mol. The maximum Gasteiger partial charge on any atom is 0.324 e. The van der Waals surface area contributed by atoms with Gasteiger partial charge in [0, 0.05) is 26.2 Å². The summed E-state index contributed by atoms with van der Waals surface area (Å²) in [6, 6.07) is 3.69. The summed E-state index contributed by atoms with van der Waals surface area (Å²) in [7, 11) is 1.62. The number of H-pyrrole nitrogens is 1. The van der Waals surface area contributed by atoms with Crippen molar-refractivity contribution in [1.29, 1.82) is 0 Å². The Hall–Kier alpha value is -2.52. The van der Waals surface area contributed by atoms with Crippen LogP contribution in [0.15, 0.2) is 12.1 Å². The molecule has 0 bridgehead atoms. The molecule has 1 aromatic heterocycles. The number of imidazole rings is 1. The summed E-state index contributed by atoms with van der Waals surface area (Å²) in [5.41, 5.74) is 1.80. The topological polar surface area (TPSA) is 103 Å². The third kappa shape index (κ3) is 4.11. The molecule has 0 aliphatic carbocycles. The van der Waals surface area contributed by atoms with Gasteiger partial charge in [0.2, 0.25) is 5.95 Å². The number of amides is 2. The molecule has 3 heterocycles. The first-order chi connectivity index (χ1) is 13.9. The van der Waals surface area contributed by atoms with Crippen molar-refractivity contribution in [2.24, 2.45) is 0 Å². The van der Waals surface area contributed by atoms with Gasteiger partial charge in [-0.25, -0.2) is 9.78 Å². The zero-order valence-electron chi connectivity index (χ0n) is 17.2. The molecule has 29 heavy (non-hydrogen) atoms. The first kappa shape index (κ1) is 19.8. The van der Waals surface area contributed by atoms with Gasteiger partial charge in [0.05, 0.1) is 31.1 Å². The van der Waals surface area contributed by atoms with Crippen molar-refractivity contribution < 1.29 is 19.4 Å². The van der Waals surface area contributed by atoms with Gasteiger partial charge in [-0.2, -0.15) is 0 Å². The van der Waals surface area contributed by atoms with Crippen molar-refractivity contribution in [3.63, 3.8) is 0 Å². The lowest BCUT2D eigenvalue weighted by atomic mass is 9.94. The van der Waals surface area contributed by atoms with E-state index < -0.39 is 5.60 Å². The number of anilines is 2. The second-order valence-electron chi connectivity index (χ2n) is 8.14. The lowest BCUT2D eigenvalue weighted by molar-refractivity contribution is 0.00569. The van der Waals surface area contributed by atoms with Crippen molar-refractivity contribution in [2.45, 2.75) is 38.4 Å². The monoisotopic (exact) mass is 403 g/mol. The Morgan fingerprint density at radius 1 is 1.38 bits per heavy atom. The fourth-order valence-electron chi connectivity index (χ4n) is 3.95. The van der Waals surface area contributed by atoms with Gasteiger partial charge >= 0.3 is 6.03 Å². The van der Waals surface area contributed by atoms with E-state index in [0.717, 1.165) is 29.8 Å². The second kappa shape index (κ2) is 7.72. The van der Waals surface area contributed by atoms with E-state index in [0.29, 0.717) is 44.2 Å². The molecule has 0 spiro atoms. The van der Waals surface area contributed by atoms with Crippen LogP contribution in [0.25, 0.3) is 11.0 Å². The molecule has 1 atom stereocenters. The van der Waals surface area contributed by atoms with Gasteiger partial charge < -0.3 is 29.4 Å². The smallest absolute Gasteiger partial charge is 0.324 e. The van der Waals surface area contributed by atoms with Crippen molar-refractivity contribution in [2.75, 3.05) is 50.1 Å². The van der Waals surface area contributed by atoms with Crippen LogP contribution in [0.5, 0.6) is 5.75 Å². The predicted octanol–water partition coefficient (Wildman–Crippen LogP) is 2.18. The van der Waals surface area contributed by atoms with Gasteiger partial charge in [-0.05, 0) is 38.8 Å². The number of likely N-dealkylation sites (tertiary alicyclic amines) is 1. The third-order valence-electron chi connectivity index (χ3n) is 5.74. The number of rotatable bonds is 3. The van der Waals surface area contributed by atoms with Gasteiger partial charge in [0.25, 0.3) is 0 Å². The molecule has 1 unspecified atom stereocenters. The summed E-state index contributed by atoms with van der Waals surface area (Å²) in [6.45, 7) is 7.12. The van der Waals surface area contributed by atoms with E-state index >= 15 is 0 Å². The largest absolute Gasteiger partial charge is 0.494 e. The SMILES string of the molecule is COc1ccc(N2CCOC(C)C2)c2nc(NC(=O)N3CCC(C)(O)CC3)[nH]c12. The molecule has 9 heteroatoms. The number of urea groups is 1. The van der Waals surface area contributed by atoms with Crippen LogP contribution in [0.1, 0.15) is 26.7 Å². The number of carbonyl (C=O) groups excluding carboxylic acids is 1. The molecule has 3 N–H and O–H groups in total. The van der Waals surface area contributed by atoms with Crippen LogP contribution in [0, 0.1) is 0 Å². The van der Waals surface area contributed by atoms with Crippen LogP contribution in [0.3, 0.4) is 0 Å². The number of nitrogens with zero attached hydrogens (tertiary/aromatic N) is 3. The minimum Gasteiger partial charge on any atom is -0.494 e. The zero-order valence-corrected chi connectivity index (χ0v) is 17.2. The number of piperidine rings is 1. The number of carbonyl (C=O) groups is 1. The van der Waals surface area contributed by atoms with Crippen LogP contribution in [-0.4, -0.2) is 77.6 Å². The number of methoxy groups -OCH3 is 1. The van der Waals surface area contributed by atoms with Crippen LogP contribution in [0.2, 0.25) is 0 Å². The average molecular weight is 403 g/mol. The molecule has 2 aromatic rings. The minimum absolute atomic E-state index is 0.148. The van der Waals surface area contributed by atoms with E-state index in [9.17, 15) is 9.90 Å². The molecule has 0 radical (unpaired) electrons. The van der Waals surface area contributed by atoms with E-state index in [1.807, 2.05) is 19.1 Å². The number of aromatic amines is 1. The van der Waals surface area contributed by atoms with Gasteiger partial charge in [0.1, 0.15) is 16.8 Å². The highest BCUT2D eigenvalue weighted by Crippen LogP contribution is 2.34. The maximum absolute atomic E-state index is 12.7. The van der Waals surface area contributed by atoms with Gasteiger partial charge in [-0.1, -0.05) is 0 Å². The Balaban J connectivity index is 1.57. The molecule has 2 saturated heterocycles. The number of ether oxygens (including phenoxy) is 2. The molecule has 0 saturated carbocycles. The quantitative estimate of drug-likeness (QED) is 0.726. The lowest BCUT2D eigenvalue weighted by Gasteiger charge is -2.35. The highest BCUT2D eigenvalue weighted by molar-refractivity contribution is 5.97. The molecular formula is C20H29N5O4. The van der Waals surface area contributed by atoms with Gasteiger partial charge in [0.15, 0.2) is 0 Å². The Morgan fingerprint density at radius 2 is 2.14 bits per heavy atom. The summed E-state index contributed by atoms with van der Waals surface area (Å²) >= 11 is 0. The Bertz CT molecular complexity index is 886. The van der Waals surface area contributed by atoms with E-state index in [4.69, 9.17) is 9.47 Å². The van der Waals surface area contributed by atoms with Gasteiger partial charge in [-0.3, -0.25) is 5.32 Å². The summed E-state index contributed by atoms with van der Waals surface area (Å²) in [5, 5.41) is 12.9. The van der Waals surface area contributed by atoms with Crippen molar-refractivity contribution in [3.05, 3.63) is 12.1 Å². The predicted molar refractivity (Wildman–Crippen MR) is 111 cm³/mol. The number of aliphatic hydroxyl groups is 1. The maximum atomic E-state index is 12.7. The number of fused-ring (bicyclic) bond motifs is 1. The number of hydrogen-bond donors (Lipinski definition) is 3. The number of nitrogens with one attached hydrogen (secondary N) is 2. The lowest BCUT2D eigenvalue weighted by Crippen LogP contribution is -2.46. The summed E-state index contributed by atoms with van der Waals surface area (Å²) < 4.78 is 11.1. The molecule has 158 valence electrons. The van der Waals surface area contributed by atoms with Crippen LogP contribution >= 0.6 is 0 Å². The standard InChI is InChI=1S/C20H29N5O4/c1-13-12-25(10-11-29-13)14-4-5-15(28-3)17-16(14)21-18(22-17)23-19(26)24-8-6-20(2,27)7-9-24/h4-5,13,27H,6-12H2,1-3H3,(H2,21,22,23,26). The van der Waals surface area contributed by atoms with E-state index in [1.54, 1.807) is 12.0 Å². The number of benzene rings is 1. The summed E-state index contributed by atoms with van der Waals surface area (Å²) in [4.78, 5) is 24.4. The molecule has 2 amide bonds. The normalized spacial score (nSPS) is 22.0. The highest BCUT2D eigenvalue weighted by Gasteiger charge is 2.30. The highest BCUT2D eigenvalue weighted by atomic mass is 16.5. The summed E-state index contributed by atoms with van der Waals surface area (Å²) in [6.07, 6.45) is 1.27. The van der Waals surface area contributed by atoms with E-state index in [2.05, 4.69) is 27.1 Å². The number of hydrogen-bond acceptors (Lipinski definition) is 6. The molecule has 4 rings (SSSR count). The third-order valence-corrected chi connectivity index (χ3v) is 5.74. The molecule has 2 fully saturated rings. The number of aromatic nitrogens is 2. The Kier molecular flexibility index (Phi) is 5.26. The number of morpholine rings is 1. The summed E-state index contributed by atoms with van der Waals surface area (Å²) in [5.74, 6) is 1.06. The van der Waals surface area contributed by atoms with Crippen LogP contribution < -0.4 is 15.0 Å². The molecule has 2 aliphatic heterocycles. The molecule has 2 aliphatic rings. The van der Waals surface area contributed by atoms with Crippen molar-refractivity contribution in [3.8, 4) is 5.75 Å². The average Bonchev–Trinajstić information content (AvgIpc) is 3.10. The van der Waals surface area contributed by atoms with Crippen LogP contribution in [0.4, 0.5) is 16.4 Å². The fourth-order valence-corrected chi connectivity index (χ4v) is 3.95. The Labute approximate surface area is 170 Å². The van der Waals surface area contributed by atoms with E-state index in [-0.39, 0.29) is 12.1 Å².